The highest BCUT2D eigenvalue weighted by atomic mass is 16.6. The molecule has 7 nitrogen and oxygen atoms in total. The predicted octanol–water partition coefficient (Wildman–Crippen LogP) is 3.20. The van der Waals surface area contributed by atoms with Crippen LogP contribution in [0.4, 0.5) is 4.79 Å². The molecule has 0 aromatic heterocycles. The Balaban J connectivity index is 3.11. The lowest BCUT2D eigenvalue weighted by atomic mass is 9.95. The van der Waals surface area contributed by atoms with Gasteiger partial charge in [-0.25, -0.2) is 4.79 Å². The van der Waals surface area contributed by atoms with E-state index < -0.39 is 23.6 Å². The first kappa shape index (κ1) is 25.0. The first-order valence-corrected chi connectivity index (χ1v) is 10.1. The number of aryl methyl sites for hydroxylation is 1. The molecule has 7 heteroatoms. The molecule has 0 aliphatic carbocycles. The largest absolute Gasteiger partial charge is 0.444 e. The highest BCUT2D eigenvalue weighted by Gasteiger charge is 2.32. The molecule has 164 valence electrons. The third-order valence-corrected chi connectivity index (χ3v) is 4.47. The molecule has 0 spiro atoms. The van der Waals surface area contributed by atoms with Crippen molar-refractivity contribution >= 4 is 17.9 Å². The Morgan fingerprint density at radius 3 is 2.43 bits per heavy atom. The van der Waals surface area contributed by atoms with E-state index in [1.165, 1.54) is 0 Å². The number of nitrogens with zero attached hydrogens (tertiary/aromatic N) is 1. The number of terminal acetylenes is 1. The van der Waals surface area contributed by atoms with Crippen molar-refractivity contribution in [3.8, 4) is 12.5 Å². The molecule has 1 atom stereocenters. The average molecular weight is 416 g/mol. The topological polar surface area (TPSA) is 87.7 Å². The number of ether oxygens (including phenoxy) is 1. The molecule has 30 heavy (non-hydrogen) atoms. The second-order valence-electron chi connectivity index (χ2n) is 8.08. The Hall–Kier alpha value is -3.01. The van der Waals surface area contributed by atoms with E-state index in [2.05, 4.69) is 16.7 Å². The summed E-state index contributed by atoms with van der Waals surface area (Å²) in [5.41, 5.74) is 1.81. The van der Waals surface area contributed by atoms with Crippen LogP contribution < -0.4 is 10.6 Å². The summed E-state index contributed by atoms with van der Waals surface area (Å²) in [4.78, 5) is 38.7. The second-order valence-corrected chi connectivity index (χ2v) is 8.08. The zero-order valence-electron chi connectivity index (χ0n) is 18.8. The van der Waals surface area contributed by atoms with Gasteiger partial charge >= 0.3 is 6.09 Å². The molecule has 0 aliphatic rings. The molecule has 0 radical (unpaired) electrons. The molecule has 0 fully saturated rings. The molecular weight excluding hydrogens is 382 g/mol. The van der Waals surface area contributed by atoms with Crippen molar-refractivity contribution < 1.29 is 19.1 Å². The van der Waals surface area contributed by atoms with Crippen LogP contribution in [0.3, 0.4) is 0 Å². The van der Waals surface area contributed by atoms with Crippen LogP contribution in [0.5, 0.6) is 0 Å². The molecule has 0 saturated carbocycles. The normalized spacial score (nSPS) is 11.8. The van der Waals surface area contributed by atoms with E-state index in [0.717, 1.165) is 28.9 Å². The number of unbranched alkanes of at least 4 members (excludes halogenated alkanes) is 1. The van der Waals surface area contributed by atoms with Gasteiger partial charge in [-0.05, 0) is 57.7 Å². The summed E-state index contributed by atoms with van der Waals surface area (Å²) in [5, 5.41) is 5.25. The summed E-state index contributed by atoms with van der Waals surface area (Å²) in [6.07, 6.45) is 6.64. The Morgan fingerprint density at radius 2 is 1.87 bits per heavy atom. The quantitative estimate of drug-likeness (QED) is 0.388. The lowest BCUT2D eigenvalue weighted by Gasteiger charge is -2.28. The second kappa shape index (κ2) is 11.2. The standard InChI is InChI=1S/C23H33N3O4/c1-8-10-14-24-21(28)20(18-13-11-12-16(3)17(18)4)26(9-2)19(27)15-25-22(29)30-23(5,6)7/h2,11-13,20H,8,10,14-15H2,1,3-7H3,(H,24,28)(H,25,29). The number of carbonyl (C=O) groups is 3. The summed E-state index contributed by atoms with van der Waals surface area (Å²) in [5.74, 6) is -0.944. The predicted molar refractivity (Wildman–Crippen MR) is 116 cm³/mol. The van der Waals surface area contributed by atoms with Crippen LogP contribution in [0, 0.1) is 26.3 Å². The zero-order valence-corrected chi connectivity index (χ0v) is 18.8. The van der Waals surface area contributed by atoms with Crippen molar-refractivity contribution in [1.29, 1.82) is 0 Å². The van der Waals surface area contributed by atoms with Crippen molar-refractivity contribution in [3.05, 3.63) is 34.9 Å². The number of hydrogen-bond donors (Lipinski definition) is 2. The molecule has 1 unspecified atom stereocenters. The molecule has 2 N–H and O–H groups in total. The van der Waals surface area contributed by atoms with Crippen molar-refractivity contribution in [2.75, 3.05) is 13.1 Å². The van der Waals surface area contributed by atoms with Crippen molar-refractivity contribution in [2.45, 2.75) is 66.0 Å². The first-order chi connectivity index (χ1) is 14.0. The lowest BCUT2D eigenvalue weighted by Crippen LogP contribution is -2.46. The van der Waals surface area contributed by atoms with Crippen LogP contribution in [0.15, 0.2) is 18.2 Å². The summed E-state index contributed by atoms with van der Waals surface area (Å²) in [6.45, 7) is 11.1. The number of hydrogen-bond acceptors (Lipinski definition) is 4. The van der Waals surface area contributed by atoms with Crippen LogP contribution in [0.2, 0.25) is 0 Å². The monoisotopic (exact) mass is 415 g/mol. The third kappa shape index (κ3) is 7.43. The first-order valence-electron chi connectivity index (χ1n) is 10.1. The summed E-state index contributed by atoms with van der Waals surface area (Å²) >= 11 is 0. The lowest BCUT2D eigenvalue weighted by molar-refractivity contribution is -0.136. The van der Waals surface area contributed by atoms with Gasteiger partial charge in [0.05, 0.1) is 0 Å². The van der Waals surface area contributed by atoms with Crippen LogP contribution in [-0.4, -0.2) is 41.5 Å². The minimum absolute atomic E-state index is 0.360. The Labute approximate surface area is 179 Å². The number of alkyl carbamates (subject to hydrolysis) is 1. The van der Waals surface area contributed by atoms with E-state index in [-0.39, 0.29) is 12.5 Å². The molecule has 0 aliphatic heterocycles. The van der Waals surface area contributed by atoms with E-state index in [1.807, 2.05) is 32.9 Å². The molecule has 0 bridgehead atoms. The molecule has 1 rings (SSSR count). The number of nitrogens with one attached hydrogen (secondary N) is 2. The summed E-state index contributed by atoms with van der Waals surface area (Å²) in [6, 6.07) is 6.85. The van der Waals surface area contributed by atoms with Gasteiger partial charge in [-0.1, -0.05) is 38.0 Å². The number of carbonyl (C=O) groups excluding carboxylic acids is 3. The molecule has 0 heterocycles. The molecule has 1 aromatic rings. The average Bonchev–Trinajstić information content (AvgIpc) is 2.65. The van der Waals surface area contributed by atoms with E-state index in [4.69, 9.17) is 11.2 Å². The minimum Gasteiger partial charge on any atom is -0.444 e. The van der Waals surface area contributed by atoms with Gasteiger partial charge in [0.15, 0.2) is 0 Å². The van der Waals surface area contributed by atoms with Gasteiger partial charge in [0.1, 0.15) is 18.2 Å². The van der Waals surface area contributed by atoms with Crippen LogP contribution in [0.25, 0.3) is 0 Å². The van der Waals surface area contributed by atoms with E-state index in [9.17, 15) is 14.4 Å². The number of amides is 3. The van der Waals surface area contributed by atoms with Gasteiger partial charge < -0.3 is 15.4 Å². The van der Waals surface area contributed by atoms with Gasteiger partial charge in [0, 0.05) is 12.6 Å². The number of rotatable bonds is 8. The van der Waals surface area contributed by atoms with Gasteiger partial charge in [-0.3, -0.25) is 14.5 Å². The van der Waals surface area contributed by atoms with E-state index >= 15 is 0 Å². The van der Waals surface area contributed by atoms with Crippen LogP contribution in [-0.2, 0) is 14.3 Å². The smallest absolute Gasteiger partial charge is 0.408 e. The molecule has 3 amide bonds. The fourth-order valence-corrected chi connectivity index (χ4v) is 2.79. The highest BCUT2D eigenvalue weighted by molar-refractivity contribution is 5.91. The van der Waals surface area contributed by atoms with Crippen LogP contribution >= 0.6 is 0 Å². The Bertz CT molecular complexity index is 806. The van der Waals surface area contributed by atoms with Crippen LogP contribution in [0.1, 0.15) is 63.3 Å². The summed E-state index contributed by atoms with van der Waals surface area (Å²) < 4.78 is 5.14. The maximum atomic E-state index is 13.0. The maximum absolute atomic E-state index is 13.0. The number of benzene rings is 1. The van der Waals surface area contributed by atoms with Gasteiger partial charge in [-0.2, -0.15) is 0 Å². The molecular formula is C23H33N3O4. The van der Waals surface area contributed by atoms with Gasteiger partial charge in [0.25, 0.3) is 5.91 Å². The van der Waals surface area contributed by atoms with Crippen molar-refractivity contribution in [1.82, 2.24) is 15.5 Å². The molecule has 0 saturated heterocycles. The SMILES string of the molecule is C#CN(C(=O)CNC(=O)OC(C)(C)C)C(C(=O)NCCCC)c1cccc(C)c1C. The summed E-state index contributed by atoms with van der Waals surface area (Å²) in [7, 11) is 0. The Kier molecular flexibility index (Phi) is 9.38. The van der Waals surface area contributed by atoms with Gasteiger partial charge in [-0.15, -0.1) is 0 Å². The third-order valence-electron chi connectivity index (χ3n) is 4.47. The van der Waals surface area contributed by atoms with Crippen molar-refractivity contribution in [3.63, 3.8) is 0 Å². The van der Waals surface area contributed by atoms with E-state index in [1.54, 1.807) is 26.8 Å². The fraction of sp³-hybridized carbons (Fsp3) is 0.522. The molecule has 1 aromatic carbocycles. The van der Waals surface area contributed by atoms with E-state index in [0.29, 0.717) is 12.1 Å². The van der Waals surface area contributed by atoms with Gasteiger partial charge in [0.2, 0.25) is 5.91 Å². The minimum atomic E-state index is -1.00. The van der Waals surface area contributed by atoms with Crippen molar-refractivity contribution in [2.24, 2.45) is 0 Å². The maximum Gasteiger partial charge on any atom is 0.408 e. The zero-order chi connectivity index (χ0) is 22.9. The fourth-order valence-electron chi connectivity index (χ4n) is 2.79. The Morgan fingerprint density at radius 1 is 1.20 bits per heavy atom. The highest BCUT2D eigenvalue weighted by Crippen LogP contribution is 2.26.